The summed E-state index contributed by atoms with van der Waals surface area (Å²) >= 11 is 1.79. The van der Waals surface area contributed by atoms with Gasteiger partial charge >= 0.3 is 6.09 Å². The third-order valence-corrected chi connectivity index (χ3v) is 5.09. The van der Waals surface area contributed by atoms with Crippen LogP contribution in [0, 0.1) is 0 Å². The predicted octanol–water partition coefficient (Wildman–Crippen LogP) is 4.14. The van der Waals surface area contributed by atoms with Crippen LogP contribution in [-0.2, 0) is 4.74 Å². The molecule has 1 aliphatic heterocycles. The standard InChI is InChI=1S/C17H28N2O3S/c20-17(21)18-10-7-12-19-11-4-2-1-3-5-13-22-15-8-6-9-16(14-15)23-19/h9,14,18H,1-8,10-13H2,(H,20,21). The van der Waals surface area contributed by atoms with Crippen LogP contribution in [0.2, 0.25) is 0 Å². The molecule has 0 aromatic heterocycles. The molecule has 0 saturated heterocycles. The third-order valence-electron chi connectivity index (χ3n) is 3.97. The van der Waals surface area contributed by atoms with Crippen LogP contribution in [0.15, 0.2) is 22.8 Å². The van der Waals surface area contributed by atoms with E-state index in [0.29, 0.717) is 6.54 Å². The second-order valence-electron chi connectivity index (χ2n) is 5.98. The van der Waals surface area contributed by atoms with Gasteiger partial charge in [0.15, 0.2) is 0 Å². The quantitative estimate of drug-likeness (QED) is 0.595. The Labute approximate surface area is 143 Å². The molecular weight excluding hydrogens is 312 g/mol. The minimum atomic E-state index is -0.942. The number of hydrogen-bond acceptors (Lipinski definition) is 4. The molecule has 2 bridgehead atoms. The van der Waals surface area contributed by atoms with Gasteiger partial charge in [-0.1, -0.05) is 25.3 Å². The highest BCUT2D eigenvalue weighted by Gasteiger charge is 2.13. The average molecular weight is 340 g/mol. The lowest BCUT2D eigenvalue weighted by Crippen LogP contribution is -2.26. The maximum atomic E-state index is 10.5. The van der Waals surface area contributed by atoms with Gasteiger partial charge in [-0.25, -0.2) is 9.10 Å². The Bertz CT molecular complexity index is 438. The Kier molecular flexibility index (Phi) is 8.39. The van der Waals surface area contributed by atoms with Crippen LogP contribution in [0.1, 0.15) is 51.4 Å². The summed E-state index contributed by atoms with van der Waals surface area (Å²) in [6, 6.07) is 0. The molecule has 2 rings (SSSR count). The van der Waals surface area contributed by atoms with Crippen LogP contribution in [0.3, 0.4) is 0 Å². The lowest BCUT2D eigenvalue weighted by Gasteiger charge is -2.23. The summed E-state index contributed by atoms with van der Waals surface area (Å²) in [4.78, 5) is 11.8. The van der Waals surface area contributed by atoms with Crippen molar-refractivity contribution in [3.8, 4) is 0 Å². The van der Waals surface area contributed by atoms with Crippen molar-refractivity contribution in [2.45, 2.75) is 51.4 Å². The molecule has 0 atom stereocenters. The lowest BCUT2D eigenvalue weighted by atomic mass is 10.1. The summed E-state index contributed by atoms with van der Waals surface area (Å²) in [5.74, 6) is 1.11. The number of rotatable bonds is 4. The molecule has 130 valence electrons. The van der Waals surface area contributed by atoms with Crippen molar-refractivity contribution in [2.75, 3.05) is 26.2 Å². The fourth-order valence-electron chi connectivity index (χ4n) is 2.75. The summed E-state index contributed by atoms with van der Waals surface area (Å²) in [6.45, 7) is 3.30. The molecule has 2 N–H and O–H groups in total. The van der Waals surface area contributed by atoms with Crippen LogP contribution < -0.4 is 5.32 Å². The van der Waals surface area contributed by atoms with Crippen molar-refractivity contribution in [1.29, 1.82) is 0 Å². The molecule has 0 aromatic carbocycles. The molecular formula is C17H28N2O3S. The monoisotopic (exact) mass is 340 g/mol. The van der Waals surface area contributed by atoms with Gasteiger partial charge in [-0.05, 0) is 43.7 Å². The zero-order chi connectivity index (χ0) is 16.3. The highest BCUT2D eigenvalue weighted by atomic mass is 32.2. The van der Waals surface area contributed by atoms with E-state index in [-0.39, 0.29) is 0 Å². The maximum absolute atomic E-state index is 10.5. The number of hydrogen-bond donors (Lipinski definition) is 2. The average Bonchev–Trinajstić information content (AvgIpc) is 2.54. The van der Waals surface area contributed by atoms with Crippen LogP contribution in [-0.4, -0.2) is 41.7 Å². The van der Waals surface area contributed by atoms with Crippen molar-refractivity contribution in [2.24, 2.45) is 0 Å². The molecule has 1 heterocycles. The minimum Gasteiger partial charge on any atom is -0.498 e. The van der Waals surface area contributed by atoms with Gasteiger partial charge in [-0.2, -0.15) is 0 Å². The van der Waals surface area contributed by atoms with Crippen LogP contribution in [0.5, 0.6) is 0 Å². The Balaban J connectivity index is 1.88. The first-order valence-electron chi connectivity index (χ1n) is 8.67. The maximum Gasteiger partial charge on any atom is 0.404 e. The number of allylic oxidation sites excluding steroid dienone is 3. The summed E-state index contributed by atoms with van der Waals surface area (Å²) < 4.78 is 8.27. The fourth-order valence-corrected chi connectivity index (χ4v) is 3.87. The van der Waals surface area contributed by atoms with Gasteiger partial charge in [0.25, 0.3) is 0 Å². The van der Waals surface area contributed by atoms with Gasteiger partial charge < -0.3 is 15.2 Å². The molecule has 1 aliphatic carbocycles. The van der Waals surface area contributed by atoms with E-state index in [1.807, 2.05) is 0 Å². The fraction of sp³-hybridized carbons (Fsp3) is 0.706. The molecule has 0 radical (unpaired) electrons. The highest BCUT2D eigenvalue weighted by Crippen LogP contribution is 2.30. The highest BCUT2D eigenvalue weighted by molar-refractivity contribution is 8.01. The van der Waals surface area contributed by atoms with Crippen molar-refractivity contribution < 1.29 is 14.6 Å². The molecule has 0 spiro atoms. The molecule has 0 fully saturated rings. The zero-order valence-corrected chi connectivity index (χ0v) is 14.6. The van der Waals surface area contributed by atoms with Gasteiger partial charge in [-0.15, -0.1) is 0 Å². The number of ether oxygens (including phenoxy) is 1. The zero-order valence-electron chi connectivity index (χ0n) is 13.8. The van der Waals surface area contributed by atoms with Gasteiger partial charge in [-0.3, -0.25) is 0 Å². The molecule has 0 unspecified atom stereocenters. The van der Waals surface area contributed by atoms with E-state index in [2.05, 4.69) is 21.8 Å². The van der Waals surface area contributed by atoms with Gasteiger partial charge in [0.2, 0.25) is 0 Å². The van der Waals surface area contributed by atoms with E-state index in [9.17, 15) is 4.79 Å². The van der Waals surface area contributed by atoms with Crippen LogP contribution in [0.4, 0.5) is 4.79 Å². The van der Waals surface area contributed by atoms with E-state index in [0.717, 1.165) is 51.1 Å². The molecule has 6 heteroatoms. The lowest BCUT2D eigenvalue weighted by molar-refractivity contribution is 0.194. The Morgan fingerprint density at radius 3 is 3.00 bits per heavy atom. The number of carboxylic acid groups (broad SMARTS) is 1. The molecule has 0 aromatic rings. The van der Waals surface area contributed by atoms with E-state index in [4.69, 9.17) is 9.84 Å². The van der Waals surface area contributed by atoms with Gasteiger partial charge in [0, 0.05) is 31.0 Å². The summed E-state index contributed by atoms with van der Waals surface area (Å²) in [5.41, 5.74) is 0. The first-order chi connectivity index (χ1) is 11.2. The summed E-state index contributed by atoms with van der Waals surface area (Å²) in [7, 11) is 0. The summed E-state index contributed by atoms with van der Waals surface area (Å²) in [5, 5.41) is 11.1. The predicted molar refractivity (Wildman–Crippen MR) is 94.2 cm³/mol. The van der Waals surface area contributed by atoms with Crippen LogP contribution in [0.25, 0.3) is 0 Å². The van der Waals surface area contributed by atoms with Crippen molar-refractivity contribution >= 4 is 18.0 Å². The second-order valence-corrected chi connectivity index (χ2v) is 7.15. The Morgan fingerprint density at radius 1 is 1.30 bits per heavy atom. The Morgan fingerprint density at radius 2 is 2.13 bits per heavy atom. The Hall–Kier alpha value is -1.14. The largest absolute Gasteiger partial charge is 0.498 e. The first kappa shape index (κ1) is 18.2. The van der Waals surface area contributed by atoms with Crippen molar-refractivity contribution in [1.82, 2.24) is 9.62 Å². The second kappa shape index (κ2) is 10.6. The molecule has 2 aliphatic rings. The number of fused-ring (bicyclic) bond motifs is 1. The number of amides is 1. The normalized spacial score (nSPS) is 20.9. The topological polar surface area (TPSA) is 61.8 Å². The number of nitrogens with zero attached hydrogens (tertiary/aromatic N) is 1. The van der Waals surface area contributed by atoms with E-state index < -0.39 is 6.09 Å². The summed E-state index contributed by atoms with van der Waals surface area (Å²) in [6.07, 6.45) is 12.5. The number of nitrogens with one attached hydrogen (secondary N) is 1. The smallest absolute Gasteiger partial charge is 0.404 e. The minimum absolute atomic E-state index is 0.510. The van der Waals surface area contributed by atoms with Gasteiger partial charge in [0.1, 0.15) is 0 Å². The SMILES string of the molecule is O=C(O)NCCCN1CCCCCCCOC2=CC(=CCC2)S1. The molecule has 5 nitrogen and oxygen atoms in total. The molecule has 0 saturated carbocycles. The van der Waals surface area contributed by atoms with E-state index in [1.165, 1.54) is 30.6 Å². The number of carbonyl (C=O) groups is 1. The first-order valence-corrected chi connectivity index (χ1v) is 9.44. The van der Waals surface area contributed by atoms with Gasteiger partial charge in [0.05, 0.1) is 12.4 Å². The molecule has 1 amide bonds. The third kappa shape index (κ3) is 7.79. The van der Waals surface area contributed by atoms with E-state index >= 15 is 0 Å². The van der Waals surface area contributed by atoms with E-state index in [1.54, 1.807) is 11.9 Å². The van der Waals surface area contributed by atoms with Crippen LogP contribution >= 0.6 is 11.9 Å². The van der Waals surface area contributed by atoms with Crippen molar-refractivity contribution in [3.63, 3.8) is 0 Å². The van der Waals surface area contributed by atoms with Crippen molar-refractivity contribution in [3.05, 3.63) is 22.8 Å². The molecule has 23 heavy (non-hydrogen) atoms.